The minimum absolute atomic E-state index is 0.0136. The summed E-state index contributed by atoms with van der Waals surface area (Å²) in [5.41, 5.74) is -2.28. The molecule has 0 atom stereocenters. The molecule has 0 spiro atoms. The van der Waals surface area contributed by atoms with Gasteiger partial charge in [0.05, 0.1) is 21.7 Å². The first-order chi connectivity index (χ1) is 15.2. The molecule has 1 aromatic carbocycles. The van der Waals surface area contributed by atoms with Gasteiger partial charge in [0.25, 0.3) is 5.56 Å². The number of imidazole rings is 1. The number of pyridine rings is 1. The van der Waals surface area contributed by atoms with Crippen molar-refractivity contribution >= 4 is 34.2 Å². The molecule has 0 bridgehead atoms. The van der Waals surface area contributed by atoms with E-state index in [4.69, 9.17) is 23.2 Å². The number of hydrogen-bond donors (Lipinski definition) is 1. The molecule has 6 nitrogen and oxygen atoms in total. The smallest absolute Gasteiger partial charge is 0.337 e. The fourth-order valence-corrected chi connectivity index (χ4v) is 4.61. The molecule has 4 aromatic rings. The molecule has 0 fully saturated rings. The van der Waals surface area contributed by atoms with Crippen molar-refractivity contribution in [2.24, 2.45) is 0 Å². The van der Waals surface area contributed by atoms with Crippen molar-refractivity contribution < 1.29 is 17.6 Å². The standard InChI is InChI=1S/C20H13Cl2F4N5O/c21-10-8-11(23)12(13-17(22)30-6-1-2-7-31(30)19(13)32)15-14(10)28-18(29-15)9-4-3-5-27-16(9)20(24,25)26/h3-5,8H,1-2,6-7H2,(H,28,29). The van der Waals surface area contributed by atoms with E-state index in [9.17, 15) is 18.0 Å². The van der Waals surface area contributed by atoms with Crippen molar-refractivity contribution in [1.82, 2.24) is 24.3 Å². The van der Waals surface area contributed by atoms with Gasteiger partial charge in [-0.15, -0.1) is 0 Å². The van der Waals surface area contributed by atoms with E-state index in [1.54, 1.807) is 4.68 Å². The Morgan fingerprint density at radius 3 is 2.50 bits per heavy atom. The summed E-state index contributed by atoms with van der Waals surface area (Å²) in [4.78, 5) is 23.4. The Morgan fingerprint density at radius 1 is 1.09 bits per heavy atom. The number of aromatic amines is 1. The Balaban J connectivity index is 1.81. The largest absolute Gasteiger partial charge is 0.434 e. The van der Waals surface area contributed by atoms with Gasteiger partial charge in [0.1, 0.15) is 22.3 Å². The zero-order chi connectivity index (χ0) is 22.8. The number of nitrogens with zero attached hydrogens (tertiary/aromatic N) is 4. The van der Waals surface area contributed by atoms with Crippen LogP contribution in [-0.4, -0.2) is 24.3 Å². The van der Waals surface area contributed by atoms with E-state index in [0.717, 1.165) is 25.1 Å². The molecule has 0 radical (unpaired) electrons. The summed E-state index contributed by atoms with van der Waals surface area (Å²) in [6.45, 7) is 0.918. The van der Waals surface area contributed by atoms with E-state index in [0.29, 0.717) is 13.1 Å². The van der Waals surface area contributed by atoms with Gasteiger partial charge in [-0.05, 0) is 31.0 Å². The van der Waals surface area contributed by atoms with Crippen LogP contribution in [0.15, 0.2) is 29.2 Å². The highest BCUT2D eigenvalue weighted by atomic mass is 35.5. The van der Waals surface area contributed by atoms with Gasteiger partial charge in [-0.2, -0.15) is 13.2 Å². The van der Waals surface area contributed by atoms with Crippen molar-refractivity contribution in [3.63, 3.8) is 0 Å². The number of aromatic nitrogens is 5. The molecule has 1 N–H and O–H groups in total. The number of fused-ring (bicyclic) bond motifs is 2. The monoisotopic (exact) mass is 485 g/mol. The summed E-state index contributed by atoms with van der Waals surface area (Å²) in [5, 5.41) is -0.0767. The molecule has 0 saturated carbocycles. The highest BCUT2D eigenvalue weighted by Crippen LogP contribution is 2.40. The SMILES string of the molecule is O=c1c(-c2c(F)cc(Cl)c3nc(-c4cccnc4C(F)(F)F)[nH]c23)c(Cl)n2n1CCCC2. The number of hydrogen-bond acceptors (Lipinski definition) is 3. The van der Waals surface area contributed by atoms with Crippen molar-refractivity contribution in [2.75, 3.05) is 0 Å². The molecule has 4 heterocycles. The van der Waals surface area contributed by atoms with Crippen LogP contribution in [0.2, 0.25) is 10.2 Å². The van der Waals surface area contributed by atoms with Crippen molar-refractivity contribution in [3.8, 4) is 22.5 Å². The van der Waals surface area contributed by atoms with Gasteiger partial charge in [-0.1, -0.05) is 23.2 Å². The summed E-state index contributed by atoms with van der Waals surface area (Å²) < 4.78 is 58.5. The molecule has 5 rings (SSSR count). The second kappa shape index (κ2) is 7.35. The van der Waals surface area contributed by atoms with Gasteiger partial charge in [0.15, 0.2) is 5.69 Å². The van der Waals surface area contributed by atoms with Crippen molar-refractivity contribution in [3.05, 3.63) is 56.4 Å². The summed E-state index contributed by atoms with van der Waals surface area (Å²) in [6, 6.07) is 3.48. The second-order valence-corrected chi connectivity index (χ2v) is 8.11. The second-order valence-electron chi connectivity index (χ2n) is 7.35. The van der Waals surface area contributed by atoms with Crippen LogP contribution in [0.25, 0.3) is 33.5 Å². The maximum absolute atomic E-state index is 15.1. The molecule has 32 heavy (non-hydrogen) atoms. The Bertz CT molecular complexity index is 1440. The summed E-state index contributed by atoms with van der Waals surface area (Å²) in [6.07, 6.45) is -2.15. The molecular formula is C20H13Cl2F4N5O. The van der Waals surface area contributed by atoms with Gasteiger partial charge in [-0.25, -0.2) is 14.1 Å². The molecule has 0 aliphatic carbocycles. The number of rotatable bonds is 2. The predicted molar refractivity (Wildman–Crippen MR) is 111 cm³/mol. The van der Waals surface area contributed by atoms with E-state index in [2.05, 4.69) is 15.0 Å². The van der Waals surface area contributed by atoms with Gasteiger partial charge in [-0.3, -0.25) is 14.5 Å². The number of benzene rings is 1. The van der Waals surface area contributed by atoms with Crippen LogP contribution in [0.3, 0.4) is 0 Å². The first-order valence-corrected chi connectivity index (χ1v) is 10.3. The maximum atomic E-state index is 15.1. The first-order valence-electron chi connectivity index (χ1n) is 9.58. The lowest BCUT2D eigenvalue weighted by atomic mass is 10.1. The van der Waals surface area contributed by atoms with Crippen LogP contribution in [0.5, 0.6) is 0 Å². The topological polar surface area (TPSA) is 68.5 Å². The van der Waals surface area contributed by atoms with Crippen LogP contribution in [0.4, 0.5) is 17.6 Å². The molecule has 0 unspecified atom stereocenters. The Morgan fingerprint density at radius 2 is 1.81 bits per heavy atom. The fraction of sp³-hybridized carbons (Fsp3) is 0.250. The zero-order valence-corrected chi connectivity index (χ0v) is 17.6. The molecular weight excluding hydrogens is 473 g/mol. The number of nitrogens with one attached hydrogen (secondary N) is 1. The third kappa shape index (κ3) is 3.12. The van der Waals surface area contributed by atoms with Gasteiger partial charge < -0.3 is 4.98 Å². The van der Waals surface area contributed by atoms with Crippen LogP contribution < -0.4 is 5.56 Å². The lowest BCUT2D eigenvalue weighted by Gasteiger charge is -2.17. The highest BCUT2D eigenvalue weighted by Gasteiger charge is 2.36. The Kier molecular flexibility index (Phi) is 4.82. The molecule has 1 aliphatic heterocycles. The van der Waals surface area contributed by atoms with E-state index < -0.39 is 23.2 Å². The third-order valence-corrected chi connectivity index (χ3v) is 6.09. The summed E-state index contributed by atoms with van der Waals surface area (Å²) in [7, 11) is 0. The van der Waals surface area contributed by atoms with Gasteiger partial charge in [0, 0.05) is 24.8 Å². The molecule has 3 aromatic heterocycles. The third-order valence-electron chi connectivity index (χ3n) is 5.42. The lowest BCUT2D eigenvalue weighted by molar-refractivity contribution is -0.140. The van der Waals surface area contributed by atoms with Crippen LogP contribution in [-0.2, 0) is 19.3 Å². The minimum Gasteiger partial charge on any atom is -0.337 e. The lowest BCUT2D eigenvalue weighted by Crippen LogP contribution is -2.27. The molecule has 0 saturated heterocycles. The van der Waals surface area contributed by atoms with Crippen LogP contribution in [0.1, 0.15) is 18.5 Å². The van der Waals surface area contributed by atoms with E-state index in [1.165, 1.54) is 16.8 Å². The zero-order valence-electron chi connectivity index (χ0n) is 16.1. The Hall–Kier alpha value is -2.85. The average Bonchev–Trinajstić information content (AvgIpc) is 3.30. The molecule has 166 valence electrons. The quantitative estimate of drug-likeness (QED) is 0.380. The number of halogens is 6. The number of alkyl halides is 3. The highest BCUT2D eigenvalue weighted by molar-refractivity contribution is 6.36. The van der Waals surface area contributed by atoms with E-state index in [1.807, 2.05) is 0 Å². The van der Waals surface area contributed by atoms with Gasteiger partial charge >= 0.3 is 6.18 Å². The Labute approximate surface area is 187 Å². The summed E-state index contributed by atoms with van der Waals surface area (Å²) >= 11 is 12.6. The van der Waals surface area contributed by atoms with Crippen molar-refractivity contribution in [1.29, 1.82) is 0 Å². The summed E-state index contributed by atoms with van der Waals surface area (Å²) in [5.74, 6) is -1.06. The normalized spacial score (nSPS) is 14.2. The molecule has 1 aliphatic rings. The van der Waals surface area contributed by atoms with Gasteiger partial charge in [0.2, 0.25) is 0 Å². The average molecular weight is 486 g/mol. The first kappa shape index (κ1) is 21.0. The molecule has 12 heteroatoms. The minimum atomic E-state index is -4.74. The van der Waals surface area contributed by atoms with Crippen LogP contribution in [0, 0.1) is 5.82 Å². The van der Waals surface area contributed by atoms with Crippen LogP contribution >= 0.6 is 23.2 Å². The van der Waals surface area contributed by atoms with E-state index in [-0.39, 0.29) is 43.7 Å². The van der Waals surface area contributed by atoms with Crippen molar-refractivity contribution in [2.45, 2.75) is 32.1 Å². The maximum Gasteiger partial charge on any atom is 0.434 e. The predicted octanol–water partition coefficient (Wildman–Crippen LogP) is 5.51. The van der Waals surface area contributed by atoms with E-state index >= 15 is 4.39 Å². The fourth-order valence-electron chi connectivity index (χ4n) is 4.03. The number of H-pyrrole nitrogens is 1. The molecule has 0 amide bonds.